The summed E-state index contributed by atoms with van der Waals surface area (Å²) in [5.74, 6) is 1.82. The molecule has 1 heterocycles. The minimum absolute atomic E-state index is 0.487. The second kappa shape index (κ2) is 11.5. The normalized spacial score (nSPS) is 16.6. The maximum Gasteiger partial charge on any atom is 0.0473 e. The lowest BCUT2D eigenvalue weighted by atomic mass is 9.86. The van der Waals surface area contributed by atoms with Crippen LogP contribution in [0.3, 0.4) is 0 Å². The molecule has 3 aromatic rings. The molecule has 204 valence electrons. The van der Waals surface area contributed by atoms with Crippen molar-refractivity contribution in [3.05, 3.63) is 117 Å². The zero-order valence-corrected chi connectivity index (χ0v) is 24.7. The van der Waals surface area contributed by atoms with Crippen LogP contribution in [0.25, 0.3) is 5.57 Å². The first-order chi connectivity index (χ1) is 18.7. The molecule has 0 radical (unpaired) electrons. The molecule has 2 saturated carbocycles. The molecular weight excluding hydrogens is 472 g/mol. The molecule has 2 heteroatoms. The van der Waals surface area contributed by atoms with E-state index in [2.05, 4.69) is 89.7 Å². The van der Waals surface area contributed by atoms with Gasteiger partial charge >= 0.3 is 0 Å². The van der Waals surface area contributed by atoms with E-state index in [0.717, 1.165) is 42.9 Å². The minimum atomic E-state index is 0.487. The van der Waals surface area contributed by atoms with Crippen molar-refractivity contribution in [2.45, 2.75) is 91.9 Å². The number of nitrogens with two attached hydrogens (primary N) is 1. The summed E-state index contributed by atoms with van der Waals surface area (Å²) in [6, 6.07) is 18.0. The van der Waals surface area contributed by atoms with Gasteiger partial charge in [-0.1, -0.05) is 54.6 Å². The summed E-state index contributed by atoms with van der Waals surface area (Å²) in [7, 11) is 0. The Kier molecular flexibility index (Phi) is 8.12. The summed E-state index contributed by atoms with van der Waals surface area (Å²) in [5, 5.41) is 0. The summed E-state index contributed by atoms with van der Waals surface area (Å²) >= 11 is 0. The first kappa shape index (κ1) is 27.4. The quantitative estimate of drug-likeness (QED) is 0.275. The highest BCUT2D eigenvalue weighted by molar-refractivity contribution is 5.62. The molecule has 2 fully saturated rings. The van der Waals surface area contributed by atoms with Crippen molar-refractivity contribution >= 4 is 5.57 Å². The predicted molar refractivity (Wildman–Crippen MR) is 166 cm³/mol. The van der Waals surface area contributed by atoms with Gasteiger partial charge in [-0.15, -0.1) is 0 Å². The molecule has 39 heavy (non-hydrogen) atoms. The highest BCUT2D eigenvalue weighted by Crippen LogP contribution is 2.45. The van der Waals surface area contributed by atoms with Gasteiger partial charge in [0.1, 0.15) is 0 Å². The molecule has 0 aliphatic heterocycles. The molecule has 0 spiro atoms. The standard InChI is InChI=1S/C37H46N2/c1-23(2)30-15-16-31(27(6)20-30)21-35(28-11-12-28)37-26(5)10-18-33(39-37)19-17-32(36(38)29-13-14-29)22-34-24(3)8-7-9-25(34)4/h7-10,15-16,18,20,28-29,35H,1,11-14,17,19,21-22,38H2,2-6H3/b36-32-. The van der Waals surface area contributed by atoms with Crippen molar-refractivity contribution in [1.29, 1.82) is 0 Å². The van der Waals surface area contributed by atoms with Gasteiger partial charge in [0, 0.05) is 23.0 Å². The van der Waals surface area contributed by atoms with E-state index in [1.54, 1.807) is 0 Å². The first-order valence-electron chi connectivity index (χ1n) is 15.0. The number of nitrogens with zero attached hydrogens (tertiary/aromatic N) is 1. The first-order valence-corrected chi connectivity index (χ1v) is 15.0. The van der Waals surface area contributed by atoms with Crippen LogP contribution in [0.4, 0.5) is 0 Å². The molecule has 1 aromatic heterocycles. The van der Waals surface area contributed by atoms with Crippen molar-refractivity contribution in [3.63, 3.8) is 0 Å². The molecule has 0 amide bonds. The van der Waals surface area contributed by atoms with E-state index in [0.29, 0.717) is 11.8 Å². The summed E-state index contributed by atoms with van der Waals surface area (Å²) < 4.78 is 0. The van der Waals surface area contributed by atoms with Crippen LogP contribution < -0.4 is 5.73 Å². The molecule has 2 aliphatic rings. The number of allylic oxidation sites excluding steroid dienone is 3. The van der Waals surface area contributed by atoms with Gasteiger partial charge in [-0.2, -0.15) is 0 Å². The summed E-state index contributed by atoms with van der Waals surface area (Å²) in [6.45, 7) is 15.2. The molecule has 2 aliphatic carbocycles. The Balaban J connectivity index is 1.37. The minimum Gasteiger partial charge on any atom is -0.402 e. The van der Waals surface area contributed by atoms with Crippen molar-refractivity contribution in [3.8, 4) is 0 Å². The molecular formula is C37H46N2. The second-order valence-electron chi connectivity index (χ2n) is 12.5. The molecule has 1 unspecified atom stereocenters. The van der Waals surface area contributed by atoms with Crippen LogP contribution in [0.15, 0.2) is 66.4 Å². The Morgan fingerprint density at radius 1 is 0.923 bits per heavy atom. The van der Waals surface area contributed by atoms with E-state index in [1.807, 2.05) is 0 Å². The van der Waals surface area contributed by atoms with Gasteiger partial charge in [0.2, 0.25) is 0 Å². The van der Waals surface area contributed by atoms with Crippen molar-refractivity contribution in [2.24, 2.45) is 17.6 Å². The van der Waals surface area contributed by atoms with Gasteiger partial charge < -0.3 is 5.73 Å². The maximum atomic E-state index is 6.77. The number of pyridine rings is 1. The van der Waals surface area contributed by atoms with Crippen molar-refractivity contribution in [2.75, 3.05) is 0 Å². The van der Waals surface area contributed by atoms with E-state index in [-0.39, 0.29) is 0 Å². The second-order valence-corrected chi connectivity index (χ2v) is 12.5. The van der Waals surface area contributed by atoms with Gasteiger partial charge in [0.25, 0.3) is 0 Å². The van der Waals surface area contributed by atoms with Gasteiger partial charge in [-0.3, -0.25) is 4.98 Å². The number of aromatic nitrogens is 1. The zero-order valence-electron chi connectivity index (χ0n) is 24.7. The monoisotopic (exact) mass is 518 g/mol. The predicted octanol–water partition coefficient (Wildman–Crippen LogP) is 8.88. The Bertz CT molecular complexity index is 1380. The van der Waals surface area contributed by atoms with Crippen LogP contribution in [0.5, 0.6) is 0 Å². The van der Waals surface area contributed by atoms with Gasteiger partial charge in [0.05, 0.1) is 0 Å². The summed E-state index contributed by atoms with van der Waals surface area (Å²) in [6.07, 6.45) is 9.08. The van der Waals surface area contributed by atoms with Crippen LogP contribution in [-0.4, -0.2) is 4.98 Å². The van der Waals surface area contributed by atoms with Gasteiger partial charge in [-0.25, -0.2) is 0 Å². The molecule has 0 bridgehead atoms. The molecule has 2 N–H and O–H groups in total. The molecule has 5 rings (SSSR count). The molecule has 2 aromatic carbocycles. The van der Waals surface area contributed by atoms with Crippen molar-refractivity contribution in [1.82, 2.24) is 4.98 Å². The third-order valence-electron chi connectivity index (χ3n) is 9.15. The number of aryl methyl sites for hydroxylation is 5. The highest BCUT2D eigenvalue weighted by atomic mass is 14.7. The Morgan fingerprint density at radius 2 is 1.64 bits per heavy atom. The van der Waals surface area contributed by atoms with Gasteiger partial charge in [0.15, 0.2) is 0 Å². The van der Waals surface area contributed by atoms with E-state index in [9.17, 15) is 0 Å². The van der Waals surface area contributed by atoms with Crippen LogP contribution in [0, 0.1) is 39.5 Å². The Labute approximate surface area is 236 Å². The van der Waals surface area contributed by atoms with Crippen LogP contribution in [0.2, 0.25) is 0 Å². The molecule has 0 saturated heterocycles. The highest BCUT2D eigenvalue weighted by Gasteiger charge is 2.34. The SMILES string of the molecule is C=C(C)c1ccc(CC(c2nc(CC/C(Cc3c(C)cccc3C)=C(/N)C3CC3)ccc2C)C2CC2)c(C)c1. The lowest BCUT2D eigenvalue weighted by Crippen LogP contribution is -2.13. The fourth-order valence-electron chi connectivity index (χ4n) is 6.15. The van der Waals surface area contributed by atoms with E-state index >= 15 is 0 Å². The largest absolute Gasteiger partial charge is 0.402 e. The lowest BCUT2D eigenvalue weighted by Gasteiger charge is -2.21. The number of benzene rings is 2. The van der Waals surface area contributed by atoms with Crippen molar-refractivity contribution < 1.29 is 0 Å². The average Bonchev–Trinajstić information content (AvgIpc) is 3.81. The van der Waals surface area contributed by atoms with E-state index in [1.165, 1.54) is 81.6 Å². The fourth-order valence-corrected chi connectivity index (χ4v) is 6.15. The maximum absolute atomic E-state index is 6.77. The lowest BCUT2D eigenvalue weighted by molar-refractivity contribution is 0.577. The van der Waals surface area contributed by atoms with Crippen LogP contribution in [0.1, 0.15) is 95.3 Å². The molecule has 1 atom stereocenters. The zero-order chi connectivity index (χ0) is 27.7. The number of hydrogen-bond donors (Lipinski definition) is 1. The third-order valence-corrected chi connectivity index (χ3v) is 9.15. The topological polar surface area (TPSA) is 38.9 Å². The Hall–Kier alpha value is -3.13. The third kappa shape index (κ3) is 6.55. The fraction of sp³-hybridized carbons (Fsp3) is 0.432. The summed E-state index contributed by atoms with van der Waals surface area (Å²) in [4.78, 5) is 5.36. The van der Waals surface area contributed by atoms with Gasteiger partial charge in [-0.05, 0) is 148 Å². The van der Waals surface area contributed by atoms with E-state index < -0.39 is 0 Å². The smallest absolute Gasteiger partial charge is 0.0473 e. The Morgan fingerprint density at radius 3 is 2.26 bits per heavy atom. The van der Waals surface area contributed by atoms with Crippen LogP contribution in [-0.2, 0) is 19.3 Å². The molecule has 2 nitrogen and oxygen atoms in total. The average molecular weight is 519 g/mol. The summed E-state index contributed by atoms with van der Waals surface area (Å²) in [5.41, 5.74) is 22.5. The van der Waals surface area contributed by atoms with E-state index in [4.69, 9.17) is 10.7 Å². The number of hydrogen-bond acceptors (Lipinski definition) is 2. The number of rotatable bonds is 11. The van der Waals surface area contributed by atoms with Crippen LogP contribution >= 0.6 is 0 Å².